The normalized spacial score (nSPS) is 9.29. The predicted octanol–water partition coefficient (Wildman–Crippen LogP) is 3.33. The van der Waals surface area contributed by atoms with E-state index in [1.807, 2.05) is 0 Å². The fraction of sp³-hybridized carbons (Fsp3) is 0. The van der Waals surface area contributed by atoms with E-state index in [9.17, 15) is 0 Å². The second-order valence-corrected chi connectivity index (χ2v) is 7.22. The van der Waals surface area contributed by atoms with Gasteiger partial charge in [0, 0.05) is 0 Å². The molecule has 0 bridgehead atoms. The summed E-state index contributed by atoms with van der Waals surface area (Å²) in [7, 11) is 0. The summed E-state index contributed by atoms with van der Waals surface area (Å²) in [6.45, 7) is 9.42. The molecule has 0 aliphatic carbocycles. The fourth-order valence-corrected chi connectivity index (χ4v) is 4.12. The first kappa shape index (κ1) is 27.6. The molecular weight excluding hydrogens is 413 g/mol. The number of rotatable bonds is 4. The summed E-state index contributed by atoms with van der Waals surface area (Å²) < 4.78 is 0. The molecule has 174 valence electrons. The third-order valence-corrected chi connectivity index (χ3v) is 5.20. The van der Waals surface area contributed by atoms with Crippen molar-refractivity contribution in [3.8, 4) is 0 Å². The van der Waals surface area contributed by atoms with E-state index in [-0.39, 0.29) is 0 Å². The fourth-order valence-electron chi connectivity index (χ4n) is 4.12. The summed E-state index contributed by atoms with van der Waals surface area (Å²) in [4.78, 5) is 0. The summed E-state index contributed by atoms with van der Waals surface area (Å²) in [5, 5.41) is 0. The van der Waals surface area contributed by atoms with Crippen LogP contribution in [0.1, 0.15) is 0 Å². The predicted molar refractivity (Wildman–Crippen MR) is 153 cm³/mol. The lowest BCUT2D eigenvalue weighted by atomic mass is 9.13. The van der Waals surface area contributed by atoms with Crippen molar-refractivity contribution in [1.82, 2.24) is 0 Å². The van der Waals surface area contributed by atoms with E-state index >= 15 is 0 Å². The van der Waals surface area contributed by atoms with Gasteiger partial charge in [0.15, 0.2) is 0 Å². The molecule has 4 rings (SSSR count). The molecule has 4 heteroatoms. The highest BCUT2D eigenvalue weighted by Crippen LogP contribution is 2.09. The van der Waals surface area contributed by atoms with E-state index in [4.69, 9.17) is 0 Å². The number of nitrogens with two attached hydrogens (primary N) is 3. The molecule has 0 atom stereocenters. The Hall–Kier alpha value is -4.44. The molecule has 0 saturated carbocycles. The van der Waals surface area contributed by atoms with Crippen molar-refractivity contribution in [2.75, 3.05) is 0 Å². The first-order chi connectivity index (χ1) is 16.7. The Bertz CT molecular complexity index is 889. The van der Waals surface area contributed by atoms with E-state index in [0.717, 1.165) is 0 Å². The van der Waals surface area contributed by atoms with E-state index < -0.39 is 6.15 Å². The maximum Gasteiger partial charge on any atom is 0.108 e. The maximum absolute atomic E-state index is 4.61. The molecule has 0 aromatic heterocycles. The largest absolute Gasteiger partial charge is 0.405 e. The Morgan fingerprint density at radius 2 is 0.529 bits per heavy atom. The van der Waals surface area contributed by atoms with Crippen LogP contribution in [-0.4, -0.2) is 6.15 Å². The Balaban J connectivity index is 0.000000562. The lowest BCUT2D eigenvalue weighted by Crippen LogP contribution is -2.74. The monoisotopic (exact) mass is 448 g/mol. The van der Waals surface area contributed by atoms with Crippen molar-refractivity contribution in [3.05, 3.63) is 160 Å². The number of hydrogen-bond acceptors (Lipinski definition) is 3. The molecule has 6 N–H and O–H groups in total. The Morgan fingerprint density at radius 3 is 0.676 bits per heavy atom. The Kier molecular flexibility index (Phi) is 13.2. The number of benzene rings is 4. The molecule has 4 aromatic rings. The quantitative estimate of drug-likeness (QED) is 0.419. The minimum absolute atomic E-state index is 1.22. The molecule has 0 fully saturated rings. The van der Waals surface area contributed by atoms with Crippen LogP contribution in [0.15, 0.2) is 160 Å². The van der Waals surface area contributed by atoms with Crippen LogP contribution in [0.4, 0.5) is 0 Å². The van der Waals surface area contributed by atoms with Crippen LogP contribution in [0.5, 0.6) is 0 Å². The summed E-state index contributed by atoms with van der Waals surface area (Å²) in [6, 6.07) is 43.5. The van der Waals surface area contributed by atoms with Crippen molar-refractivity contribution < 1.29 is 0 Å². The van der Waals surface area contributed by atoms with Crippen LogP contribution in [0.3, 0.4) is 0 Å². The van der Waals surface area contributed by atoms with Gasteiger partial charge in [-0.15, -0.1) is 0 Å². The maximum atomic E-state index is 4.61. The average Bonchev–Trinajstić information content (AvgIpc) is 2.89. The molecule has 0 aliphatic rings. The number of hydrogen-bond donors (Lipinski definition) is 3. The smallest absolute Gasteiger partial charge is 0.108 e. The van der Waals surface area contributed by atoms with Crippen LogP contribution >= 0.6 is 0 Å². The lowest BCUT2D eigenvalue weighted by Gasteiger charge is -2.44. The molecule has 0 amide bonds. The minimum atomic E-state index is -1.22. The molecule has 0 aliphatic heterocycles. The SMILES string of the molecule is C=CN.C=CN.C=CN.c1ccc([B-](c2ccccc2)(c2ccccc2)c2ccccc2)cc1. The van der Waals surface area contributed by atoms with Crippen LogP contribution in [0, 0.1) is 0 Å². The third kappa shape index (κ3) is 7.32. The summed E-state index contributed by atoms with van der Waals surface area (Å²) in [6.07, 6.45) is 2.53. The molecule has 4 aromatic carbocycles. The second-order valence-electron chi connectivity index (χ2n) is 7.22. The molecule has 0 unspecified atom stereocenters. The van der Waals surface area contributed by atoms with Crippen LogP contribution in [0.2, 0.25) is 0 Å². The van der Waals surface area contributed by atoms with Crippen molar-refractivity contribution >= 4 is 28.0 Å². The summed E-state index contributed by atoms with van der Waals surface area (Å²) in [5.74, 6) is 0. The van der Waals surface area contributed by atoms with Gasteiger partial charge in [0.1, 0.15) is 6.15 Å². The third-order valence-electron chi connectivity index (χ3n) is 5.20. The van der Waals surface area contributed by atoms with Crippen molar-refractivity contribution in [2.24, 2.45) is 17.2 Å². The van der Waals surface area contributed by atoms with Crippen LogP contribution in [-0.2, 0) is 0 Å². The van der Waals surface area contributed by atoms with Crippen molar-refractivity contribution in [3.63, 3.8) is 0 Å². The van der Waals surface area contributed by atoms with Crippen molar-refractivity contribution in [1.29, 1.82) is 0 Å². The highest BCUT2D eigenvalue weighted by atomic mass is 14.5. The van der Waals surface area contributed by atoms with Gasteiger partial charge in [0.25, 0.3) is 0 Å². The lowest BCUT2D eigenvalue weighted by molar-refractivity contribution is 1.64. The van der Waals surface area contributed by atoms with Gasteiger partial charge in [-0.3, -0.25) is 0 Å². The molecule has 0 spiro atoms. The summed E-state index contributed by atoms with van der Waals surface area (Å²) >= 11 is 0. The average molecular weight is 448 g/mol. The van der Waals surface area contributed by atoms with E-state index in [2.05, 4.69) is 158 Å². The zero-order valence-electron chi connectivity index (χ0n) is 19.7. The molecule has 34 heavy (non-hydrogen) atoms. The van der Waals surface area contributed by atoms with Gasteiger partial charge in [-0.2, -0.15) is 21.9 Å². The van der Waals surface area contributed by atoms with Gasteiger partial charge in [0.2, 0.25) is 0 Å². The highest BCUT2D eigenvalue weighted by Gasteiger charge is 2.30. The van der Waals surface area contributed by atoms with E-state index in [1.54, 1.807) is 0 Å². The standard InChI is InChI=1S/C24H20B.3C2H5N/c1-5-13-21(14-6-1)25(22-15-7-2-8-16-22,23-17-9-3-10-18-23)24-19-11-4-12-20-24;3*1-2-3/h1-20H;3*2H,1,3H2/q-1;;;. The zero-order chi connectivity index (χ0) is 25.1. The molecule has 0 saturated heterocycles. The van der Waals surface area contributed by atoms with Gasteiger partial charge in [0.05, 0.1) is 0 Å². The zero-order valence-corrected chi connectivity index (χ0v) is 19.7. The van der Waals surface area contributed by atoms with Gasteiger partial charge in [-0.1, -0.05) is 141 Å². The highest BCUT2D eigenvalue weighted by molar-refractivity contribution is 7.19. The van der Waals surface area contributed by atoms with Gasteiger partial charge < -0.3 is 17.2 Å². The van der Waals surface area contributed by atoms with Crippen molar-refractivity contribution in [2.45, 2.75) is 0 Å². The Morgan fingerprint density at radius 1 is 0.382 bits per heavy atom. The van der Waals surface area contributed by atoms with Crippen LogP contribution < -0.4 is 39.1 Å². The van der Waals surface area contributed by atoms with Gasteiger partial charge in [-0.05, 0) is 18.6 Å². The molecule has 0 heterocycles. The molecule has 3 nitrogen and oxygen atoms in total. The van der Waals surface area contributed by atoms with E-state index in [0.29, 0.717) is 0 Å². The van der Waals surface area contributed by atoms with Gasteiger partial charge >= 0.3 is 0 Å². The first-order valence-corrected chi connectivity index (χ1v) is 11.0. The Labute approximate surface area is 204 Å². The summed E-state index contributed by atoms with van der Waals surface area (Å²) in [5.41, 5.74) is 19.2. The molecular formula is C30H35BN3-. The molecule has 0 radical (unpaired) electrons. The minimum Gasteiger partial charge on any atom is -0.405 e. The first-order valence-electron chi connectivity index (χ1n) is 11.0. The van der Waals surface area contributed by atoms with E-state index in [1.165, 1.54) is 40.5 Å². The van der Waals surface area contributed by atoms with Gasteiger partial charge in [-0.25, -0.2) is 0 Å². The topological polar surface area (TPSA) is 78.1 Å². The van der Waals surface area contributed by atoms with Crippen LogP contribution in [0.25, 0.3) is 0 Å². The second kappa shape index (κ2) is 16.2.